The molecule has 0 saturated carbocycles. The largest absolute Gasteiger partial charge is 0.324 e. The van der Waals surface area contributed by atoms with Crippen molar-refractivity contribution >= 4 is 15.9 Å². The van der Waals surface area contributed by atoms with E-state index in [2.05, 4.69) is 26.0 Å². The summed E-state index contributed by atoms with van der Waals surface area (Å²) in [7, 11) is 0. The second kappa shape index (κ2) is 4.55. The minimum atomic E-state index is 0.407. The van der Waals surface area contributed by atoms with Crippen LogP contribution < -0.4 is 5.73 Å². The third-order valence-corrected chi connectivity index (χ3v) is 2.93. The summed E-state index contributed by atoms with van der Waals surface area (Å²) in [6.07, 6.45) is 1.53. The molecule has 0 saturated heterocycles. The van der Waals surface area contributed by atoms with E-state index in [1.807, 2.05) is 24.3 Å². The minimum Gasteiger partial charge on any atom is -0.324 e. The number of benzene rings is 1. The van der Waals surface area contributed by atoms with Crippen LogP contribution in [-0.4, -0.2) is 14.8 Å². The molecule has 1 aromatic carbocycles. The lowest BCUT2D eigenvalue weighted by molar-refractivity contribution is 0.637. The highest BCUT2D eigenvalue weighted by molar-refractivity contribution is 9.10. The van der Waals surface area contributed by atoms with Gasteiger partial charge in [0.15, 0.2) is 0 Å². The van der Waals surface area contributed by atoms with Crippen molar-refractivity contribution in [3.05, 3.63) is 46.5 Å². The maximum absolute atomic E-state index is 5.55. The standard InChI is InChI=1S/C10H11BrN4/c11-9-4-2-1-3-8(9)6-15-10(5-12)13-7-14-15/h1-4,7H,5-6,12H2. The van der Waals surface area contributed by atoms with Crippen molar-refractivity contribution in [1.82, 2.24) is 14.8 Å². The summed E-state index contributed by atoms with van der Waals surface area (Å²) in [5.74, 6) is 0.797. The van der Waals surface area contributed by atoms with Crippen LogP contribution >= 0.6 is 15.9 Å². The zero-order valence-electron chi connectivity index (χ0n) is 8.10. The third kappa shape index (κ3) is 2.24. The first-order valence-electron chi connectivity index (χ1n) is 4.61. The molecule has 0 spiro atoms. The van der Waals surface area contributed by atoms with Gasteiger partial charge in [0.25, 0.3) is 0 Å². The van der Waals surface area contributed by atoms with Crippen molar-refractivity contribution in [2.75, 3.05) is 0 Å². The highest BCUT2D eigenvalue weighted by Gasteiger charge is 2.04. The zero-order chi connectivity index (χ0) is 10.7. The van der Waals surface area contributed by atoms with E-state index in [1.165, 1.54) is 6.33 Å². The van der Waals surface area contributed by atoms with Gasteiger partial charge in [0, 0.05) is 4.47 Å². The summed E-state index contributed by atoms with van der Waals surface area (Å²) in [5, 5.41) is 4.13. The molecule has 0 atom stereocenters. The van der Waals surface area contributed by atoms with E-state index in [1.54, 1.807) is 4.68 Å². The van der Waals surface area contributed by atoms with Gasteiger partial charge in [-0.25, -0.2) is 9.67 Å². The normalized spacial score (nSPS) is 10.5. The number of hydrogen-bond donors (Lipinski definition) is 1. The lowest BCUT2D eigenvalue weighted by Crippen LogP contribution is -2.11. The van der Waals surface area contributed by atoms with Crippen LogP contribution in [0.4, 0.5) is 0 Å². The summed E-state index contributed by atoms with van der Waals surface area (Å²) in [4.78, 5) is 4.07. The predicted octanol–water partition coefficient (Wildman–Crippen LogP) is 1.55. The molecule has 5 heteroatoms. The Hall–Kier alpha value is -1.20. The Labute approximate surface area is 96.3 Å². The summed E-state index contributed by atoms with van der Waals surface area (Å²) >= 11 is 3.50. The van der Waals surface area contributed by atoms with Gasteiger partial charge in [-0.15, -0.1) is 0 Å². The molecule has 0 bridgehead atoms. The maximum Gasteiger partial charge on any atom is 0.140 e. The molecule has 0 fully saturated rings. The summed E-state index contributed by atoms with van der Waals surface area (Å²) in [6, 6.07) is 8.04. The highest BCUT2D eigenvalue weighted by atomic mass is 79.9. The molecular weight excluding hydrogens is 256 g/mol. The fraction of sp³-hybridized carbons (Fsp3) is 0.200. The van der Waals surface area contributed by atoms with Crippen LogP contribution in [0.15, 0.2) is 35.1 Å². The summed E-state index contributed by atoms with van der Waals surface area (Å²) < 4.78 is 2.88. The van der Waals surface area contributed by atoms with Crippen LogP contribution in [0.5, 0.6) is 0 Å². The van der Waals surface area contributed by atoms with Gasteiger partial charge in [-0.2, -0.15) is 5.10 Å². The van der Waals surface area contributed by atoms with E-state index in [0.717, 1.165) is 15.9 Å². The van der Waals surface area contributed by atoms with Crippen LogP contribution in [0.3, 0.4) is 0 Å². The Morgan fingerprint density at radius 3 is 2.87 bits per heavy atom. The van der Waals surface area contributed by atoms with Gasteiger partial charge in [-0.05, 0) is 11.6 Å². The van der Waals surface area contributed by atoms with Gasteiger partial charge >= 0.3 is 0 Å². The Bertz CT molecular complexity index is 452. The molecule has 2 rings (SSSR count). The first kappa shape index (κ1) is 10.3. The number of nitrogens with zero attached hydrogens (tertiary/aromatic N) is 3. The van der Waals surface area contributed by atoms with Crippen molar-refractivity contribution in [2.24, 2.45) is 5.73 Å². The lowest BCUT2D eigenvalue weighted by atomic mass is 10.2. The molecule has 0 aliphatic heterocycles. The molecule has 1 heterocycles. The van der Waals surface area contributed by atoms with Gasteiger partial charge in [-0.1, -0.05) is 34.1 Å². The molecule has 4 nitrogen and oxygen atoms in total. The van der Waals surface area contributed by atoms with E-state index >= 15 is 0 Å². The van der Waals surface area contributed by atoms with Crippen LogP contribution in [0, 0.1) is 0 Å². The molecular formula is C10H11BrN4. The van der Waals surface area contributed by atoms with Gasteiger partial charge in [0.05, 0.1) is 13.1 Å². The number of halogens is 1. The molecule has 15 heavy (non-hydrogen) atoms. The molecule has 0 aliphatic rings. The monoisotopic (exact) mass is 266 g/mol. The smallest absolute Gasteiger partial charge is 0.140 e. The average molecular weight is 267 g/mol. The summed E-state index contributed by atoms with van der Waals surface area (Å²) in [6.45, 7) is 1.10. The SMILES string of the molecule is NCc1ncnn1Cc1ccccc1Br. The molecule has 0 radical (unpaired) electrons. The van der Waals surface area contributed by atoms with Crippen molar-refractivity contribution in [3.8, 4) is 0 Å². The van der Waals surface area contributed by atoms with Crippen molar-refractivity contribution in [1.29, 1.82) is 0 Å². The Balaban J connectivity index is 2.26. The first-order chi connectivity index (χ1) is 7.31. The molecule has 2 N–H and O–H groups in total. The number of aromatic nitrogens is 3. The number of rotatable bonds is 3. The van der Waals surface area contributed by atoms with Gasteiger partial charge in [0.2, 0.25) is 0 Å². The van der Waals surface area contributed by atoms with E-state index in [0.29, 0.717) is 13.1 Å². The van der Waals surface area contributed by atoms with Crippen LogP contribution in [0.1, 0.15) is 11.4 Å². The molecule has 0 aliphatic carbocycles. The number of hydrogen-bond acceptors (Lipinski definition) is 3. The van der Waals surface area contributed by atoms with Crippen molar-refractivity contribution in [3.63, 3.8) is 0 Å². The topological polar surface area (TPSA) is 56.7 Å². The average Bonchev–Trinajstić information content (AvgIpc) is 2.69. The highest BCUT2D eigenvalue weighted by Crippen LogP contribution is 2.16. The van der Waals surface area contributed by atoms with E-state index < -0.39 is 0 Å². The van der Waals surface area contributed by atoms with Gasteiger partial charge < -0.3 is 5.73 Å². The van der Waals surface area contributed by atoms with Gasteiger partial charge in [0.1, 0.15) is 12.2 Å². The fourth-order valence-electron chi connectivity index (χ4n) is 1.37. The zero-order valence-corrected chi connectivity index (χ0v) is 9.68. The van der Waals surface area contributed by atoms with E-state index in [9.17, 15) is 0 Å². The molecule has 0 amide bonds. The van der Waals surface area contributed by atoms with Crippen molar-refractivity contribution in [2.45, 2.75) is 13.1 Å². The second-order valence-electron chi connectivity index (χ2n) is 3.13. The fourth-order valence-corrected chi connectivity index (χ4v) is 1.78. The Morgan fingerprint density at radius 2 is 2.13 bits per heavy atom. The lowest BCUT2D eigenvalue weighted by Gasteiger charge is -2.06. The van der Waals surface area contributed by atoms with Gasteiger partial charge in [-0.3, -0.25) is 0 Å². The third-order valence-electron chi connectivity index (χ3n) is 2.16. The number of nitrogens with two attached hydrogens (primary N) is 1. The second-order valence-corrected chi connectivity index (χ2v) is 3.98. The van der Waals surface area contributed by atoms with Crippen molar-refractivity contribution < 1.29 is 0 Å². The maximum atomic E-state index is 5.55. The Kier molecular flexibility index (Phi) is 3.13. The Morgan fingerprint density at radius 1 is 1.33 bits per heavy atom. The van der Waals surface area contributed by atoms with E-state index in [-0.39, 0.29) is 0 Å². The van der Waals surface area contributed by atoms with Crippen LogP contribution in [0.2, 0.25) is 0 Å². The van der Waals surface area contributed by atoms with E-state index in [4.69, 9.17) is 5.73 Å². The predicted molar refractivity (Wildman–Crippen MR) is 61.2 cm³/mol. The molecule has 1 aromatic heterocycles. The van der Waals surface area contributed by atoms with Crippen LogP contribution in [0.25, 0.3) is 0 Å². The first-order valence-corrected chi connectivity index (χ1v) is 5.40. The van der Waals surface area contributed by atoms with Crippen LogP contribution in [-0.2, 0) is 13.1 Å². The molecule has 78 valence electrons. The quantitative estimate of drug-likeness (QED) is 0.917. The minimum absolute atomic E-state index is 0.407. The molecule has 0 unspecified atom stereocenters. The molecule has 2 aromatic rings. The summed E-state index contributed by atoms with van der Waals surface area (Å²) in [5.41, 5.74) is 6.72.